The largest absolute Gasteiger partial charge is 0.465 e. The Morgan fingerprint density at radius 3 is 2.76 bits per heavy atom. The Morgan fingerprint density at radius 1 is 1.41 bits per heavy atom. The highest BCUT2D eigenvalue weighted by molar-refractivity contribution is 5.21. The molecule has 96 valence electrons. The van der Waals surface area contributed by atoms with Crippen LogP contribution in [0.4, 0.5) is 0 Å². The van der Waals surface area contributed by atoms with Crippen molar-refractivity contribution in [2.45, 2.75) is 52.7 Å². The highest BCUT2D eigenvalue weighted by Gasteiger charge is 2.28. The number of nitrogens with one attached hydrogen (secondary N) is 1. The molecule has 3 nitrogen and oxygen atoms in total. The van der Waals surface area contributed by atoms with Crippen LogP contribution in [-0.4, -0.2) is 24.0 Å². The van der Waals surface area contributed by atoms with E-state index in [1.807, 2.05) is 0 Å². The van der Waals surface area contributed by atoms with Crippen molar-refractivity contribution in [3.8, 4) is 0 Å². The molecule has 0 radical (unpaired) electrons. The average molecular weight is 236 g/mol. The maximum atomic E-state index is 5.77. The van der Waals surface area contributed by atoms with Gasteiger partial charge in [-0.25, -0.2) is 0 Å². The van der Waals surface area contributed by atoms with Crippen molar-refractivity contribution >= 4 is 0 Å². The Labute approximate surface area is 104 Å². The second-order valence-electron chi connectivity index (χ2n) is 4.87. The summed E-state index contributed by atoms with van der Waals surface area (Å²) in [7, 11) is 0. The maximum absolute atomic E-state index is 5.77. The van der Waals surface area contributed by atoms with Crippen LogP contribution in [0.1, 0.15) is 43.8 Å². The minimum absolute atomic E-state index is 0.825. The van der Waals surface area contributed by atoms with Gasteiger partial charge in [0.05, 0.1) is 6.54 Å². The molecule has 0 bridgehead atoms. The molecular formula is C14H24N2O. The lowest BCUT2D eigenvalue weighted by atomic mass is 10.2. The number of furan rings is 1. The summed E-state index contributed by atoms with van der Waals surface area (Å²) in [5.74, 6) is 2.14. The number of hydrogen-bond donors (Lipinski definition) is 1. The van der Waals surface area contributed by atoms with Crippen molar-refractivity contribution in [2.24, 2.45) is 0 Å². The van der Waals surface area contributed by atoms with Crippen LogP contribution in [0.3, 0.4) is 0 Å². The molecule has 1 aromatic heterocycles. The van der Waals surface area contributed by atoms with Crippen molar-refractivity contribution in [2.75, 3.05) is 13.1 Å². The quantitative estimate of drug-likeness (QED) is 0.789. The Bertz CT molecular complexity index is 355. The Morgan fingerprint density at radius 2 is 2.18 bits per heavy atom. The molecule has 1 aromatic rings. The van der Waals surface area contributed by atoms with Crippen LogP contribution in [0, 0.1) is 6.92 Å². The first-order valence-corrected chi connectivity index (χ1v) is 6.77. The van der Waals surface area contributed by atoms with E-state index in [2.05, 4.69) is 37.1 Å². The van der Waals surface area contributed by atoms with Crippen LogP contribution in [0.25, 0.3) is 0 Å². The summed E-state index contributed by atoms with van der Waals surface area (Å²) in [6.07, 6.45) is 2.74. The highest BCUT2D eigenvalue weighted by atomic mass is 16.3. The van der Waals surface area contributed by atoms with Gasteiger partial charge in [-0.2, -0.15) is 0 Å². The van der Waals surface area contributed by atoms with E-state index >= 15 is 0 Å². The van der Waals surface area contributed by atoms with Gasteiger partial charge in [0.25, 0.3) is 0 Å². The smallest absolute Gasteiger partial charge is 0.118 e. The predicted octanol–water partition coefficient (Wildman–Crippen LogP) is 2.68. The van der Waals surface area contributed by atoms with E-state index in [9.17, 15) is 0 Å². The van der Waals surface area contributed by atoms with E-state index in [4.69, 9.17) is 4.42 Å². The molecular weight excluding hydrogens is 212 g/mol. The minimum atomic E-state index is 0.825. The fraction of sp³-hybridized carbons (Fsp3) is 0.714. The second-order valence-corrected chi connectivity index (χ2v) is 4.87. The van der Waals surface area contributed by atoms with E-state index < -0.39 is 0 Å². The van der Waals surface area contributed by atoms with E-state index in [1.54, 1.807) is 0 Å². The van der Waals surface area contributed by atoms with Gasteiger partial charge in [-0.05, 0) is 38.9 Å². The molecule has 0 aromatic carbocycles. The molecule has 0 aliphatic heterocycles. The second kappa shape index (κ2) is 5.69. The summed E-state index contributed by atoms with van der Waals surface area (Å²) in [6, 6.07) is 3.04. The van der Waals surface area contributed by atoms with Crippen molar-refractivity contribution in [3.05, 3.63) is 23.2 Å². The van der Waals surface area contributed by atoms with E-state index in [0.29, 0.717) is 0 Å². The SMILES string of the molecule is CCNCc1cc(CN(CC)C2CC2)c(C)o1. The zero-order valence-corrected chi connectivity index (χ0v) is 11.3. The number of nitrogens with zero attached hydrogens (tertiary/aromatic N) is 1. The average Bonchev–Trinajstić information content (AvgIpc) is 3.10. The predicted molar refractivity (Wildman–Crippen MR) is 69.9 cm³/mol. The van der Waals surface area contributed by atoms with Gasteiger partial charge in [0.15, 0.2) is 0 Å². The molecule has 1 fully saturated rings. The topological polar surface area (TPSA) is 28.4 Å². The molecule has 0 spiro atoms. The van der Waals surface area contributed by atoms with Gasteiger partial charge in [-0.15, -0.1) is 0 Å². The van der Waals surface area contributed by atoms with Crippen molar-refractivity contribution in [1.82, 2.24) is 10.2 Å². The first-order valence-electron chi connectivity index (χ1n) is 6.77. The number of rotatable bonds is 7. The van der Waals surface area contributed by atoms with Crippen LogP contribution < -0.4 is 5.32 Å². The van der Waals surface area contributed by atoms with Crippen LogP contribution in [0.2, 0.25) is 0 Å². The highest BCUT2D eigenvalue weighted by Crippen LogP contribution is 2.29. The summed E-state index contributed by atoms with van der Waals surface area (Å²) < 4.78 is 5.77. The lowest BCUT2D eigenvalue weighted by molar-refractivity contribution is 0.267. The zero-order chi connectivity index (χ0) is 12.3. The van der Waals surface area contributed by atoms with Gasteiger partial charge < -0.3 is 9.73 Å². The normalized spacial score (nSPS) is 15.8. The molecule has 1 heterocycles. The molecule has 1 N–H and O–H groups in total. The molecule has 1 aliphatic rings. The maximum Gasteiger partial charge on any atom is 0.118 e. The van der Waals surface area contributed by atoms with Crippen LogP contribution in [0.5, 0.6) is 0 Å². The molecule has 2 rings (SSSR count). The zero-order valence-electron chi connectivity index (χ0n) is 11.3. The van der Waals surface area contributed by atoms with Crippen LogP contribution in [-0.2, 0) is 13.1 Å². The van der Waals surface area contributed by atoms with Crippen LogP contribution in [0.15, 0.2) is 10.5 Å². The summed E-state index contributed by atoms with van der Waals surface area (Å²) in [5.41, 5.74) is 1.35. The van der Waals surface area contributed by atoms with Crippen molar-refractivity contribution in [1.29, 1.82) is 0 Å². The molecule has 0 amide bonds. The van der Waals surface area contributed by atoms with E-state index in [-0.39, 0.29) is 0 Å². The minimum Gasteiger partial charge on any atom is -0.465 e. The molecule has 0 unspecified atom stereocenters. The summed E-state index contributed by atoms with van der Waals surface area (Å²) in [4.78, 5) is 2.55. The molecule has 0 atom stereocenters. The Hall–Kier alpha value is -0.800. The molecule has 1 aliphatic carbocycles. The van der Waals surface area contributed by atoms with Crippen molar-refractivity contribution in [3.63, 3.8) is 0 Å². The lowest BCUT2D eigenvalue weighted by Gasteiger charge is -2.18. The standard InChI is InChI=1S/C14H24N2O/c1-4-15-9-14-8-12(11(3)17-14)10-16(5-2)13-6-7-13/h8,13,15H,4-7,9-10H2,1-3H3. The van der Waals surface area contributed by atoms with Crippen molar-refractivity contribution < 1.29 is 4.42 Å². The molecule has 3 heteroatoms. The molecule has 1 saturated carbocycles. The third-order valence-electron chi connectivity index (χ3n) is 3.46. The third kappa shape index (κ3) is 3.33. The van der Waals surface area contributed by atoms with Gasteiger partial charge in [0, 0.05) is 18.2 Å². The Kier molecular flexibility index (Phi) is 4.24. The first-order chi connectivity index (χ1) is 8.24. The monoisotopic (exact) mass is 236 g/mol. The summed E-state index contributed by atoms with van der Waals surface area (Å²) in [5, 5.41) is 3.30. The Balaban J connectivity index is 1.96. The molecule has 17 heavy (non-hydrogen) atoms. The summed E-state index contributed by atoms with van der Waals surface area (Å²) >= 11 is 0. The van der Waals surface area contributed by atoms with Gasteiger partial charge in [-0.3, -0.25) is 4.90 Å². The van der Waals surface area contributed by atoms with Gasteiger partial charge >= 0.3 is 0 Å². The van der Waals surface area contributed by atoms with Gasteiger partial charge in [0.1, 0.15) is 11.5 Å². The van der Waals surface area contributed by atoms with E-state index in [0.717, 1.165) is 43.7 Å². The van der Waals surface area contributed by atoms with Crippen LogP contribution >= 0.6 is 0 Å². The third-order valence-corrected chi connectivity index (χ3v) is 3.46. The number of aryl methyl sites for hydroxylation is 1. The summed E-state index contributed by atoms with van der Waals surface area (Å²) in [6.45, 7) is 10.4. The van der Waals surface area contributed by atoms with Gasteiger partial charge in [0.2, 0.25) is 0 Å². The molecule has 0 saturated heterocycles. The fourth-order valence-corrected chi connectivity index (χ4v) is 2.24. The van der Waals surface area contributed by atoms with E-state index in [1.165, 1.54) is 18.4 Å². The fourth-order valence-electron chi connectivity index (χ4n) is 2.24. The first kappa shape index (κ1) is 12.7. The lowest BCUT2D eigenvalue weighted by Crippen LogP contribution is -2.25. The van der Waals surface area contributed by atoms with Gasteiger partial charge in [-0.1, -0.05) is 13.8 Å². The number of hydrogen-bond acceptors (Lipinski definition) is 3.